The highest BCUT2D eigenvalue weighted by Crippen LogP contribution is 2.16. The van der Waals surface area contributed by atoms with E-state index in [1.165, 1.54) is 11.3 Å². The first-order valence-corrected chi connectivity index (χ1v) is 8.14. The normalized spacial score (nSPS) is 16.1. The highest BCUT2D eigenvalue weighted by molar-refractivity contribution is 7.13. The van der Waals surface area contributed by atoms with Crippen molar-refractivity contribution >= 4 is 28.3 Å². The first-order valence-electron chi connectivity index (χ1n) is 7.26. The molecule has 0 saturated carbocycles. The summed E-state index contributed by atoms with van der Waals surface area (Å²) in [5.41, 5.74) is 0.351. The summed E-state index contributed by atoms with van der Waals surface area (Å²) in [6.07, 6.45) is 2.09. The van der Waals surface area contributed by atoms with Crippen LogP contribution >= 0.6 is 11.3 Å². The third kappa shape index (κ3) is 3.72. The molecule has 116 valence electrons. The Morgan fingerprint density at radius 3 is 2.52 bits per heavy atom. The van der Waals surface area contributed by atoms with Crippen LogP contribution in [0.4, 0.5) is 5.13 Å². The highest BCUT2D eigenvalue weighted by atomic mass is 32.1. The van der Waals surface area contributed by atoms with Gasteiger partial charge in [-0.2, -0.15) is 0 Å². The van der Waals surface area contributed by atoms with Crippen molar-refractivity contribution in [2.45, 2.75) is 32.7 Å². The molecule has 0 spiro atoms. The van der Waals surface area contributed by atoms with Gasteiger partial charge in [0.1, 0.15) is 11.7 Å². The average Bonchev–Trinajstić information content (AvgIpc) is 3.13. The molecule has 21 heavy (non-hydrogen) atoms. The molecule has 6 nitrogen and oxygen atoms in total. The van der Waals surface area contributed by atoms with Crippen molar-refractivity contribution in [3.05, 3.63) is 11.1 Å². The van der Waals surface area contributed by atoms with E-state index in [0.717, 1.165) is 25.9 Å². The van der Waals surface area contributed by atoms with E-state index in [0.29, 0.717) is 10.8 Å². The predicted octanol–water partition coefficient (Wildman–Crippen LogP) is 1.56. The SMILES string of the molecule is CNc1nc(C(=O)N[C@H](C(=O)N2CCCC2)C(C)C)cs1. The van der Waals surface area contributed by atoms with Gasteiger partial charge in [0, 0.05) is 25.5 Å². The fraction of sp³-hybridized carbons (Fsp3) is 0.643. The summed E-state index contributed by atoms with van der Waals surface area (Å²) >= 11 is 1.37. The summed E-state index contributed by atoms with van der Waals surface area (Å²) in [6, 6.07) is -0.490. The van der Waals surface area contributed by atoms with Crippen LogP contribution < -0.4 is 10.6 Å². The molecule has 0 aliphatic carbocycles. The van der Waals surface area contributed by atoms with E-state index in [4.69, 9.17) is 0 Å². The maximum absolute atomic E-state index is 12.5. The zero-order chi connectivity index (χ0) is 15.4. The van der Waals surface area contributed by atoms with E-state index in [1.807, 2.05) is 18.7 Å². The van der Waals surface area contributed by atoms with E-state index in [1.54, 1.807) is 12.4 Å². The standard InChI is InChI=1S/C14H22N4O2S/c1-9(2)11(13(20)18-6-4-5-7-18)17-12(19)10-8-21-14(15-3)16-10/h8-9,11H,4-7H2,1-3H3,(H,15,16)(H,17,19)/t11-/m0/s1. The van der Waals surface area contributed by atoms with Gasteiger partial charge < -0.3 is 15.5 Å². The van der Waals surface area contributed by atoms with Gasteiger partial charge in [-0.05, 0) is 18.8 Å². The van der Waals surface area contributed by atoms with Crippen molar-refractivity contribution in [1.82, 2.24) is 15.2 Å². The van der Waals surface area contributed by atoms with Gasteiger partial charge in [-0.15, -0.1) is 11.3 Å². The number of carbonyl (C=O) groups excluding carboxylic acids is 2. The largest absolute Gasteiger partial charge is 0.365 e. The zero-order valence-electron chi connectivity index (χ0n) is 12.7. The molecule has 0 aromatic carbocycles. The van der Waals surface area contributed by atoms with Crippen LogP contribution in [0.2, 0.25) is 0 Å². The quantitative estimate of drug-likeness (QED) is 0.865. The lowest BCUT2D eigenvalue weighted by Crippen LogP contribution is -2.50. The number of hydrogen-bond acceptors (Lipinski definition) is 5. The van der Waals surface area contributed by atoms with Gasteiger partial charge in [0.15, 0.2) is 5.13 Å². The molecule has 7 heteroatoms. The van der Waals surface area contributed by atoms with Gasteiger partial charge >= 0.3 is 0 Å². The summed E-state index contributed by atoms with van der Waals surface area (Å²) < 4.78 is 0. The van der Waals surface area contributed by atoms with Gasteiger partial charge in [-0.3, -0.25) is 9.59 Å². The van der Waals surface area contributed by atoms with E-state index < -0.39 is 6.04 Å². The van der Waals surface area contributed by atoms with E-state index in [2.05, 4.69) is 15.6 Å². The van der Waals surface area contributed by atoms with E-state index in [-0.39, 0.29) is 17.7 Å². The molecule has 0 radical (unpaired) electrons. The van der Waals surface area contributed by atoms with Crippen LogP contribution in [-0.4, -0.2) is 47.9 Å². The van der Waals surface area contributed by atoms with Gasteiger partial charge in [-0.25, -0.2) is 4.98 Å². The molecule has 1 aromatic heterocycles. The number of aromatic nitrogens is 1. The predicted molar refractivity (Wildman–Crippen MR) is 83.6 cm³/mol. The lowest BCUT2D eigenvalue weighted by Gasteiger charge is -2.26. The summed E-state index contributed by atoms with van der Waals surface area (Å²) in [4.78, 5) is 30.7. The summed E-state index contributed by atoms with van der Waals surface area (Å²) in [5.74, 6) is -0.233. The first kappa shape index (κ1) is 15.8. The number of likely N-dealkylation sites (tertiary alicyclic amines) is 1. The number of carbonyl (C=O) groups is 2. The zero-order valence-corrected chi connectivity index (χ0v) is 13.5. The van der Waals surface area contributed by atoms with Crippen LogP contribution in [0.1, 0.15) is 37.2 Å². The van der Waals surface area contributed by atoms with Crippen molar-refractivity contribution in [2.75, 3.05) is 25.5 Å². The Labute approximate surface area is 128 Å². The Morgan fingerprint density at radius 1 is 1.33 bits per heavy atom. The third-order valence-electron chi connectivity index (χ3n) is 3.59. The number of nitrogens with one attached hydrogen (secondary N) is 2. The molecule has 1 aliphatic rings. The summed E-state index contributed by atoms with van der Waals surface area (Å²) in [6.45, 7) is 5.47. The Balaban J connectivity index is 2.05. The maximum atomic E-state index is 12.5. The summed E-state index contributed by atoms with van der Waals surface area (Å²) in [7, 11) is 1.76. The maximum Gasteiger partial charge on any atom is 0.271 e. The molecular formula is C14H22N4O2S. The summed E-state index contributed by atoms with van der Waals surface area (Å²) in [5, 5.41) is 8.11. The molecule has 2 heterocycles. The number of thiazole rings is 1. The first-order chi connectivity index (χ1) is 10.0. The Morgan fingerprint density at radius 2 is 2.00 bits per heavy atom. The van der Waals surface area contributed by atoms with Crippen molar-refractivity contribution in [3.63, 3.8) is 0 Å². The Hall–Kier alpha value is -1.63. The Kier molecular flexibility index (Phi) is 5.17. The lowest BCUT2D eigenvalue weighted by molar-refractivity contribution is -0.133. The van der Waals surface area contributed by atoms with Crippen LogP contribution in [0.5, 0.6) is 0 Å². The number of rotatable bonds is 5. The molecular weight excluding hydrogens is 288 g/mol. The van der Waals surface area contributed by atoms with Gasteiger partial charge in [-0.1, -0.05) is 13.8 Å². The smallest absolute Gasteiger partial charge is 0.271 e. The molecule has 1 aromatic rings. The fourth-order valence-electron chi connectivity index (χ4n) is 2.36. The van der Waals surface area contributed by atoms with Gasteiger partial charge in [0.05, 0.1) is 0 Å². The van der Waals surface area contributed by atoms with E-state index >= 15 is 0 Å². The van der Waals surface area contributed by atoms with Crippen LogP contribution in [-0.2, 0) is 4.79 Å². The average molecular weight is 310 g/mol. The minimum absolute atomic E-state index is 0.0138. The molecule has 2 amide bonds. The molecule has 0 unspecified atom stereocenters. The molecule has 1 saturated heterocycles. The second kappa shape index (κ2) is 6.89. The van der Waals surface area contributed by atoms with E-state index in [9.17, 15) is 9.59 Å². The van der Waals surface area contributed by atoms with Crippen LogP contribution in [0.15, 0.2) is 5.38 Å². The molecule has 1 atom stereocenters. The fourth-order valence-corrected chi connectivity index (χ4v) is 3.01. The van der Waals surface area contributed by atoms with Crippen LogP contribution in [0.25, 0.3) is 0 Å². The molecule has 1 fully saturated rings. The third-order valence-corrected chi connectivity index (χ3v) is 4.45. The Bertz CT molecular complexity index is 509. The highest BCUT2D eigenvalue weighted by Gasteiger charge is 2.30. The second-order valence-corrected chi connectivity index (χ2v) is 6.37. The van der Waals surface area contributed by atoms with Gasteiger partial charge in [0.25, 0.3) is 5.91 Å². The van der Waals surface area contributed by atoms with Gasteiger partial charge in [0.2, 0.25) is 5.91 Å². The lowest BCUT2D eigenvalue weighted by atomic mass is 10.0. The van der Waals surface area contributed by atoms with Crippen molar-refractivity contribution in [1.29, 1.82) is 0 Å². The topological polar surface area (TPSA) is 74.3 Å². The molecule has 1 aliphatic heterocycles. The monoisotopic (exact) mass is 310 g/mol. The van der Waals surface area contributed by atoms with Crippen LogP contribution in [0, 0.1) is 5.92 Å². The minimum Gasteiger partial charge on any atom is -0.365 e. The minimum atomic E-state index is -0.490. The molecule has 2 rings (SSSR count). The molecule has 2 N–H and O–H groups in total. The number of hydrogen-bond donors (Lipinski definition) is 2. The number of anilines is 1. The second-order valence-electron chi connectivity index (χ2n) is 5.52. The van der Waals surface area contributed by atoms with Crippen molar-refractivity contribution in [3.8, 4) is 0 Å². The molecule has 0 bridgehead atoms. The number of nitrogens with zero attached hydrogens (tertiary/aromatic N) is 2. The van der Waals surface area contributed by atoms with Crippen molar-refractivity contribution in [2.24, 2.45) is 5.92 Å². The van der Waals surface area contributed by atoms with Crippen molar-refractivity contribution < 1.29 is 9.59 Å². The number of amides is 2. The van der Waals surface area contributed by atoms with Crippen LogP contribution in [0.3, 0.4) is 0 Å².